The van der Waals surface area contributed by atoms with Crippen LogP contribution in [0.25, 0.3) is 11.0 Å². The highest BCUT2D eigenvalue weighted by Gasteiger charge is 2.07. The lowest BCUT2D eigenvalue weighted by atomic mass is 10.3. The van der Waals surface area contributed by atoms with Crippen molar-refractivity contribution in [2.45, 2.75) is 18.7 Å². The second-order valence-corrected chi connectivity index (χ2v) is 4.47. The van der Waals surface area contributed by atoms with E-state index in [0.717, 1.165) is 29.8 Å². The molecule has 1 N–H and O–H groups in total. The third-order valence-electron chi connectivity index (χ3n) is 2.36. The Bertz CT molecular complexity index is 479. The molecule has 0 radical (unpaired) electrons. The fourth-order valence-electron chi connectivity index (χ4n) is 1.49. The van der Waals surface area contributed by atoms with E-state index in [4.69, 9.17) is 11.6 Å². The van der Waals surface area contributed by atoms with E-state index in [-0.39, 0.29) is 5.38 Å². The number of nitrogens with one attached hydrogen (secondary N) is 1. The molecule has 6 heteroatoms. The molecule has 2 aromatic heterocycles. The van der Waals surface area contributed by atoms with Gasteiger partial charge in [-0.2, -0.15) is 5.10 Å². The van der Waals surface area contributed by atoms with E-state index >= 15 is 0 Å². The lowest BCUT2D eigenvalue weighted by molar-refractivity contribution is 0.785. The first-order valence-electron chi connectivity index (χ1n) is 5.19. The van der Waals surface area contributed by atoms with Crippen LogP contribution in [0.5, 0.6) is 0 Å². The molecule has 86 valence electrons. The van der Waals surface area contributed by atoms with Crippen LogP contribution in [-0.4, -0.2) is 31.7 Å². The van der Waals surface area contributed by atoms with Gasteiger partial charge < -0.3 is 5.32 Å². The maximum absolute atomic E-state index is 5.88. The molecule has 0 fully saturated rings. The summed E-state index contributed by atoms with van der Waals surface area (Å²) in [7, 11) is 1.86. The second-order valence-electron chi connectivity index (χ2n) is 3.72. The Hall–Kier alpha value is -1.36. The molecule has 0 bridgehead atoms. The van der Waals surface area contributed by atoms with Gasteiger partial charge in [0, 0.05) is 19.0 Å². The first kappa shape index (κ1) is 11.1. The maximum atomic E-state index is 5.88. The number of anilines is 1. The number of rotatable bonds is 4. The average Bonchev–Trinajstić information content (AvgIpc) is 2.61. The average molecular weight is 240 g/mol. The molecular weight excluding hydrogens is 226 g/mol. The molecule has 0 aliphatic heterocycles. The molecule has 0 aromatic carbocycles. The van der Waals surface area contributed by atoms with Crippen molar-refractivity contribution >= 4 is 28.5 Å². The molecule has 16 heavy (non-hydrogen) atoms. The van der Waals surface area contributed by atoms with E-state index in [1.54, 1.807) is 10.9 Å². The Morgan fingerprint density at radius 2 is 2.31 bits per heavy atom. The van der Waals surface area contributed by atoms with Gasteiger partial charge in [-0.3, -0.25) is 4.68 Å². The number of alkyl halides is 1. The Kier molecular flexibility index (Phi) is 3.24. The largest absolute Gasteiger partial charge is 0.369 e. The van der Waals surface area contributed by atoms with Crippen LogP contribution in [0, 0.1) is 0 Å². The molecule has 0 amide bonds. The van der Waals surface area contributed by atoms with Gasteiger partial charge in [-0.25, -0.2) is 9.97 Å². The van der Waals surface area contributed by atoms with Crippen LogP contribution in [-0.2, 0) is 7.05 Å². The Morgan fingerprint density at radius 3 is 3.06 bits per heavy atom. The SMILES string of the molecule is CC(Cl)CCNc1ncnc2c1cnn2C. The number of nitrogens with zero attached hydrogens (tertiary/aromatic N) is 4. The van der Waals surface area contributed by atoms with Crippen LogP contribution in [0.15, 0.2) is 12.5 Å². The Balaban J connectivity index is 2.17. The third-order valence-corrected chi connectivity index (χ3v) is 2.58. The predicted molar refractivity (Wildman–Crippen MR) is 64.7 cm³/mol. The zero-order valence-corrected chi connectivity index (χ0v) is 10.1. The smallest absolute Gasteiger partial charge is 0.163 e. The summed E-state index contributed by atoms with van der Waals surface area (Å²) in [6.45, 7) is 2.77. The lowest BCUT2D eigenvalue weighted by Crippen LogP contribution is -2.08. The summed E-state index contributed by atoms with van der Waals surface area (Å²) in [4.78, 5) is 8.37. The standard InChI is InChI=1S/C10H14ClN5/c1-7(11)3-4-12-9-8-5-15-16(2)10(8)14-6-13-9/h5-7H,3-4H2,1-2H3,(H,12,13,14). The van der Waals surface area contributed by atoms with Gasteiger partial charge in [0.1, 0.15) is 12.1 Å². The van der Waals surface area contributed by atoms with Crippen molar-refractivity contribution in [2.24, 2.45) is 7.05 Å². The van der Waals surface area contributed by atoms with Crippen molar-refractivity contribution in [3.63, 3.8) is 0 Å². The minimum atomic E-state index is 0.165. The summed E-state index contributed by atoms with van der Waals surface area (Å²) < 4.78 is 1.73. The summed E-state index contributed by atoms with van der Waals surface area (Å²) >= 11 is 5.88. The third kappa shape index (κ3) is 2.24. The molecule has 2 rings (SSSR count). The maximum Gasteiger partial charge on any atom is 0.163 e. The minimum Gasteiger partial charge on any atom is -0.369 e. The van der Waals surface area contributed by atoms with Crippen molar-refractivity contribution in [1.82, 2.24) is 19.7 Å². The van der Waals surface area contributed by atoms with Crippen LogP contribution in [0.4, 0.5) is 5.82 Å². The highest BCUT2D eigenvalue weighted by molar-refractivity contribution is 6.20. The van der Waals surface area contributed by atoms with E-state index < -0.39 is 0 Å². The van der Waals surface area contributed by atoms with Crippen LogP contribution in [0.3, 0.4) is 0 Å². The summed E-state index contributed by atoms with van der Waals surface area (Å²) in [5.41, 5.74) is 0.830. The molecule has 2 aromatic rings. The fraction of sp³-hybridized carbons (Fsp3) is 0.500. The number of hydrogen-bond acceptors (Lipinski definition) is 4. The van der Waals surface area contributed by atoms with Crippen LogP contribution in [0.1, 0.15) is 13.3 Å². The van der Waals surface area contributed by atoms with E-state index in [0.29, 0.717) is 0 Å². The summed E-state index contributed by atoms with van der Waals surface area (Å²) in [6, 6.07) is 0. The van der Waals surface area contributed by atoms with E-state index in [1.807, 2.05) is 14.0 Å². The number of aromatic nitrogens is 4. The van der Waals surface area contributed by atoms with Crippen molar-refractivity contribution in [1.29, 1.82) is 0 Å². The van der Waals surface area contributed by atoms with Crippen LogP contribution < -0.4 is 5.32 Å². The molecule has 0 spiro atoms. The van der Waals surface area contributed by atoms with E-state index in [2.05, 4.69) is 20.4 Å². The van der Waals surface area contributed by atoms with Gasteiger partial charge in [-0.15, -0.1) is 11.6 Å². The summed E-state index contributed by atoms with van der Waals surface area (Å²) in [6.07, 6.45) is 4.20. The van der Waals surface area contributed by atoms with Crippen molar-refractivity contribution in [3.05, 3.63) is 12.5 Å². The van der Waals surface area contributed by atoms with E-state index in [1.165, 1.54) is 6.33 Å². The molecule has 1 atom stereocenters. The fourth-order valence-corrected chi connectivity index (χ4v) is 1.60. The normalized spacial score (nSPS) is 12.9. The Labute approximate surface area is 98.8 Å². The molecule has 0 saturated carbocycles. The van der Waals surface area contributed by atoms with Gasteiger partial charge in [-0.1, -0.05) is 0 Å². The molecule has 0 aliphatic carbocycles. The molecule has 5 nitrogen and oxygen atoms in total. The molecule has 2 heterocycles. The second kappa shape index (κ2) is 4.65. The van der Waals surface area contributed by atoms with Gasteiger partial charge in [0.05, 0.1) is 11.6 Å². The number of aryl methyl sites for hydroxylation is 1. The summed E-state index contributed by atoms with van der Waals surface area (Å²) in [5, 5.41) is 8.49. The minimum absolute atomic E-state index is 0.165. The van der Waals surface area contributed by atoms with Gasteiger partial charge in [-0.05, 0) is 13.3 Å². The van der Waals surface area contributed by atoms with Gasteiger partial charge in [0.2, 0.25) is 0 Å². The Morgan fingerprint density at radius 1 is 1.50 bits per heavy atom. The molecule has 1 unspecified atom stereocenters. The molecular formula is C10H14ClN5. The quantitative estimate of drug-likeness (QED) is 0.827. The topological polar surface area (TPSA) is 55.6 Å². The van der Waals surface area contributed by atoms with Gasteiger partial charge in [0.15, 0.2) is 5.65 Å². The van der Waals surface area contributed by atoms with Crippen molar-refractivity contribution < 1.29 is 0 Å². The lowest BCUT2D eigenvalue weighted by Gasteiger charge is -2.06. The molecule has 0 aliphatic rings. The van der Waals surface area contributed by atoms with E-state index in [9.17, 15) is 0 Å². The highest BCUT2D eigenvalue weighted by atomic mass is 35.5. The van der Waals surface area contributed by atoms with Gasteiger partial charge >= 0.3 is 0 Å². The highest BCUT2D eigenvalue weighted by Crippen LogP contribution is 2.17. The number of halogens is 1. The van der Waals surface area contributed by atoms with Crippen molar-refractivity contribution in [3.8, 4) is 0 Å². The zero-order valence-electron chi connectivity index (χ0n) is 9.31. The number of fused-ring (bicyclic) bond motifs is 1. The van der Waals surface area contributed by atoms with Crippen molar-refractivity contribution in [2.75, 3.05) is 11.9 Å². The van der Waals surface area contributed by atoms with Crippen LogP contribution in [0.2, 0.25) is 0 Å². The van der Waals surface area contributed by atoms with Gasteiger partial charge in [0.25, 0.3) is 0 Å². The number of hydrogen-bond donors (Lipinski definition) is 1. The first-order valence-corrected chi connectivity index (χ1v) is 5.63. The predicted octanol–water partition coefficient (Wildman–Crippen LogP) is 1.79. The monoisotopic (exact) mass is 239 g/mol. The van der Waals surface area contributed by atoms with Crippen LogP contribution >= 0.6 is 11.6 Å². The first-order chi connectivity index (χ1) is 7.68. The summed E-state index contributed by atoms with van der Waals surface area (Å²) in [5.74, 6) is 0.815. The molecule has 0 saturated heterocycles. The zero-order chi connectivity index (χ0) is 11.5.